The summed E-state index contributed by atoms with van der Waals surface area (Å²) < 4.78 is 17.6. The van der Waals surface area contributed by atoms with Crippen LogP contribution in [0, 0.1) is 18.2 Å². The van der Waals surface area contributed by atoms with E-state index < -0.39 is 23.3 Å². The Hall–Kier alpha value is -7.02. The number of H-pyrrole nitrogens is 1. The highest BCUT2D eigenvalue weighted by Gasteiger charge is 2.42. The second kappa shape index (κ2) is 23.0. The minimum absolute atomic E-state index is 0.0612. The van der Waals surface area contributed by atoms with E-state index in [2.05, 4.69) is 36.1 Å². The Morgan fingerprint density at radius 3 is 2.26 bits per heavy atom. The van der Waals surface area contributed by atoms with Crippen LogP contribution in [0.4, 0.5) is 15.9 Å². The Labute approximate surface area is 435 Å². The number of halogens is 1. The highest BCUT2D eigenvalue weighted by Crippen LogP contribution is 2.41. The molecule has 9 rings (SSSR count). The van der Waals surface area contributed by atoms with Gasteiger partial charge in [0.05, 0.1) is 45.6 Å². The zero-order valence-corrected chi connectivity index (χ0v) is 43.6. The minimum Gasteiger partial charge on any atom is -0.350 e. The number of anilines is 2. The molecule has 0 spiro atoms. The van der Waals surface area contributed by atoms with Crippen LogP contribution in [0.3, 0.4) is 0 Å². The van der Waals surface area contributed by atoms with Crippen LogP contribution in [-0.4, -0.2) is 119 Å². The number of aromatic nitrogens is 6. The molecule has 390 valence electrons. The molecule has 3 fully saturated rings. The Kier molecular flexibility index (Phi) is 16.1. The molecule has 3 aliphatic rings. The number of aryl methyl sites for hydroxylation is 1. The molecular weight excluding hydrogens is 960 g/mol. The van der Waals surface area contributed by atoms with E-state index >= 15 is 4.39 Å². The van der Waals surface area contributed by atoms with E-state index in [0.717, 1.165) is 83.6 Å². The first-order chi connectivity index (χ1) is 35.7. The first kappa shape index (κ1) is 51.9. The van der Waals surface area contributed by atoms with Gasteiger partial charge in [-0.25, -0.2) is 19.3 Å². The van der Waals surface area contributed by atoms with Crippen LogP contribution in [0.1, 0.15) is 131 Å². The van der Waals surface area contributed by atoms with Crippen molar-refractivity contribution in [2.45, 2.75) is 129 Å². The molecule has 5 amide bonds. The number of nitrogens with zero attached hydrogens (tertiary/aromatic N) is 8. The molecule has 17 nitrogen and oxygen atoms in total. The predicted octanol–water partition coefficient (Wildman–Crippen LogP) is 8.55. The number of thiazole rings is 1. The highest BCUT2D eigenvalue weighted by molar-refractivity contribution is 7.13. The first-order valence-corrected chi connectivity index (χ1v) is 27.0. The molecule has 1 saturated carbocycles. The molecule has 19 heteroatoms. The summed E-state index contributed by atoms with van der Waals surface area (Å²) in [7, 11) is 0. The number of aromatic amines is 1. The van der Waals surface area contributed by atoms with E-state index in [1.54, 1.807) is 56.8 Å². The van der Waals surface area contributed by atoms with Gasteiger partial charge in [-0.3, -0.25) is 33.5 Å². The minimum atomic E-state index is -0.768. The second-order valence-electron chi connectivity index (χ2n) is 21.0. The molecule has 2 aromatic carbocycles. The van der Waals surface area contributed by atoms with Crippen molar-refractivity contribution in [2.75, 3.05) is 38.0 Å². The second-order valence-corrected chi connectivity index (χ2v) is 21.8. The van der Waals surface area contributed by atoms with E-state index in [-0.39, 0.29) is 40.8 Å². The Morgan fingerprint density at radius 1 is 0.851 bits per heavy atom. The third kappa shape index (κ3) is 12.3. The Morgan fingerprint density at radius 2 is 1.58 bits per heavy atom. The average molecular weight is 1030 g/mol. The zero-order chi connectivity index (χ0) is 51.9. The molecule has 6 aromatic rings. The van der Waals surface area contributed by atoms with Crippen LogP contribution in [0.2, 0.25) is 0 Å². The lowest BCUT2D eigenvalue weighted by atomic mass is 9.85. The van der Waals surface area contributed by atoms with Gasteiger partial charge in [0.25, 0.3) is 5.91 Å². The average Bonchev–Trinajstić information content (AvgIpc) is 3.79. The molecule has 2 saturated heterocycles. The number of imidazole rings is 1. The van der Waals surface area contributed by atoms with Crippen molar-refractivity contribution in [1.82, 2.24) is 54.9 Å². The standard InChI is InChI=1S/C55H67FN12O5S/c1-35-48(74-34-59-35)38-17-15-36(16-18-38)29-58-52(71)44-12-11-23-67(44)54(73)49(55(2,3)4)64-46(69)13-9-7-5-6-8-10-14-47(70)65-24-26-66(27-25-65)53(72)39-21-22-42(41(56)28-39)62-50-51-57-32-45(40-30-60-61-31-40)68(51)33-43(63-50)37-19-20-37/h15-18,21-22,28,30-34,37,44,49H,5-14,19-20,23-27,29H2,1-4H3,(H,58,71)(H,60,61)(H,62,63)(H,64,69)/t44-,49+/m0/s1. The molecule has 74 heavy (non-hydrogen) atoms. The smallest absolute Gasteiger partial charge is 0.254 e. The maximum absolute atomic E-state index is 15.7. The molecule has 6 heterocycles. The van der Waals surface area contributed by atoms with Gasteiger partial charge in [-0.15, -0.1) is 11.3 Å². The van der Waals surface area contributed by atoms with Gasteiger partial charge in [-0.05, 0) is 80.2 Å². The SMILES string of the molecule is Cc1ncsc1-c1ccc(CNC(=O)[C@@H]2CCCN2C(=O)[C@@H](NC(=O)CCCCCCCCC(=O)N2CCN(C(=O)c3ccc(Nc4nc(C5CC5)cn5c(-c6cn[nH]c6)cnc45)c(F)c3)CC2)C(C)(C)C)cc1. The van der Waals surface area contributed by atoms with Gasteiger partial charge >= 0.3 is 0 Å². The van der Waals surface area contributed by atoms with Crippen molar-refractivity contribution >= 4 is 58.0 Å². The van der Waals surface area contributed by atoms with E-state index in [9.17, 15) is 24.0 Å². The normalized spacial score (nSPS) is 16.4. The Balaban J connectivity index is 0.655. The third-order valence-electron chi connectivity index (χ3n) is 14.4. The number of piperazine rings is 1. The summed E-state index contributed by atoms with van der Waals surface area (Å²) in [6.07, 6.45) is 16.4. The van der Waals surface area contributed by atoms with Crippen molar-refractivity contribution in [3.63, 3.8) is 0 Å². The third-order valence-corrected chi connectivity index (χ3v) is 15.4. The number of nitrogens with one attached hydrogen (secondary N) is 4. The number of fused-ring (bicyclic) bond motifs is 1. The number of benzene rings is 2. The number of unbranched alkanes of at least 4 members (excludes halogenated alkanes) is 5. The molecule has 2 aliphatic heterocycles. The number of amides is 5. The predicted molar refractivity (Wildman–Crippen MR) is 282 cm³/mol. The van der Waals surface area contributed by atoms with E-state index in [1.807, 2.05) is 68.1 Å². The number of carbonyl (C=O) groups excluding carboxylic acids is 5. The molecule has 1 aliphatic carbocycles. The van der Waals surface area contributed by atoms with Crippen LogP contribution < -0.4 is 16.0 Å². The van der Waals surface area contributed by atoms with Gasteiger partial charge in [0.15, 0.2) is 11.5 Å². The summed E-state index contributed by atoms with van der Waals surface area (Å²) in [6.45, 7) is 10.1. The maximum Gasteiger partial charge on any atom is 0.254 e. The fourth-order valence-electron chi connectivity index (χ4n) is 9.93. The quantitative estimate of drug-likeness (QED) is 0.0537. The molecule has 4 aromatic heterocycles. The number of hydrogen-bond donors (Lipinski definition) is 4. The molecule has 4 N–H and O–H groups in total. The molecule has 0 radical (unpaired) electrons. The molecule has 0 bridgehead atoms. The van der Waals surface area contributed by atoms with Crippen molar-refractivity contribution in [3.05, 3.63) is 101 Å². The zero-order valence-electron chi connectivity index (χ0n) is 42.8. The van der Waals surface area contributed by atoms with E-state index in [1.165, 1.54) is 6.07 Å². The van der Waals surface area contributed by atoms with Gasteiger partial charge in [0, 0.05) is 81.5 Å². The maximum atomic E-state index is 15.7. The summed E-state index contributed by atoms with van der Waals surface area (Å²) >= 11 is 1.60. The van der Waals surface area contributed by atoms with Crippen LogP contribution in [0.5, 0.6) is 0 Å². The first-order valence-electron chi connectivity index (χ1n) is 26.1. The van der Waals surface area contributed by atoms with Crippen LogP contribution >= 0.6 is 11.3 Å². The topological polar surface area (TPSA) is 203 Å². The van der Waals surface area contributed by atoms with Crippen molar-refractivity contribution in [2.24, 2.45) is 5.41 Å². The van der Waals surface area contributed by atoms with Crippen LogP contribution in [0.25, 0.3) is 27.3 Å². The summed E-state index contributed by atoms with van der Waals surface area (Å²) in [5, 5.41) is 16.1. The van der Waals surface area contributed by atoms with Gasteiger partial charge in [-0.1, -0.05) is 70.7 Å². The van der Waals surface area contributed by atoms with Crippen LogP contribution in [0.15, 0.2) is 72.8 Å². The molecular formula is C55H67FN12O5S. The lowest BCUT2D eigenvalue weighted by Crippen LogP contribution is -2.57. The van der Waals surface area contributed by atoms with E-state index in [4.69, 9.17) is 4.98 Å². The lowest BCUT2D eigenvalue weighted by Gasteiger charge is -2.35. The number of rotatable bonds is 20. The molecule has 2 atom stereocenters. The Bertz CT molecular complexity index is 2960. The lowest BCUT2D eigenvalue weighted by molar-refractivity contribution is -0.143. The summed E-state index contributed by atoms with van der Waals surface area (Å²) in [6, 6.07) is 11.1. The van der Waals surface area contributed by atoms with Crippen LogP contribution in [-0.2, 0) is 25.7 Å². The van der Waals surface area contributed by atoms with Gasteiger partial charge in [0.1, 0.15) is 17.9 Å². The fraction of sp³-hybridized carbons (Fsp3) is 0.473. The monoisotopic (exact) mass is 1030 g/mol. The summed E-state index contributed by atoms with van der Waals surface area (Å²) in [5.41, 5.74) is 7.88. The van der Waals surface area contributed by atoms with Gasteiger partial charge in [0.2, 0.25) is 23.6 Å². The summed E-state index contributed by atoms with van der Waals surface area (Å²) in [4.78, 5) is 87.3. The largest absolute Gasteiger partial charge is 0.350 e. The highest BCUT2D eigenvalue weighted by atomic mass is 32.1. The van der Waals surface area contributed by atoms with Crippen molar-refractivity contribution in [3.8, 4) is 21.7 Å². The fourth-order valence-corrected chi connectivity index (χ4v) is 10.7. The van der Waals surface area contributed by atoms with Gasteiger partial charge in [-0.2, -0.15) is 5.10 Å². The summed E-state index contributed by atoms with van der Waals surface area (Å²) in [5.74, 6) is -0.640. The van der Waals surface area contributed by atoms with Crippen molar-refractivity contribution in [1.29, 1.82) is 0 Å². The van der Waals surface area contributed by atoms with E-state index in [0.29, 0.717) is 88.8 Å². The number of likely N-dealkylation sites (tertiary alicyclic amines) is 1. The molecule has 0 unspecified atom stereocenters. The van der Waals surface area contributed by atoms with Crippen molar-refractivity contribution < 1.29 is 28.4 Å². The number of carbonyl (C=O) groups is 5. The number of hydrogen-bond acceptors (Lipinski definition) is 11. The van der Waals surface area contributed by atoms with Gasteiger partial charge < -0.3 is 30.7 Å².